The second-order valence-corrected chi connectivity index (χ2v) is 3.74. The van der Waals surface area contributed by atoms with Gasteiger partial charge in [-0.1, -0.05) is 45.1 Å². The van der Waals surface area contributed by atoms with Gasteiger partial charge in [0.25, 0.3) is 0 Å². The zero-order chi connectivity index (χ0) is 9.68. The summed E-state index contributed by atoms with van der Waals surface area (Å²) >= 11 is 0. The highest BCUT2D eigenvalue weighted by molar-refractivity contribution is 5.23. The summed E-state index contributed by atoms with van der Waals surface area (Å²) in [7, 11) is 0. The molecule has 0 N–H and O–H groups in total. The van der Waals surface area contributed by atoms with E-state index in [0.29, 0.717) is 6.04 Å². The summed E-state index contributed by atoms with van der Waals surface area (Å²) in [5, 5.41) is 0. The standard InChI is InChI=1S/C12H21N.CH4/c1-4-10-13(5-2)12-8-6-11(3)7-9-12;/h6-8,12H,4-5,9-10H2,1-3H3;1H4. The van der Waals surface area contributed by atoms with Crippen LogP contribution in [-0.2, 0) is 0 Å². The summed E-state index contributed by atoms with van der Waals surface area (Å²) in [4.78, 5) is 2.54. The SMILES string of the molecule is C.CCCN(CC)C1C=CC(C)=CC1. The van der Waals surface area contributed by atoms with Gasteiger partial charge in [-0.25, -0.2) is 0 Å². The summed E-state index contributed by atoms with van der Waals surface area (Å²) in [5.74, 6) is 0. The molecule has 0 aromatic rings. The van der Waals surface area contributed by atoms with E-state index in [2.05, 4.69) is 43.9 Å². The lowest BCUT2D eigenvalue weighted by atomic mass is 10.0. The predicted octanol–water partition coefficient (Wildman–Crippen LogP) is 3.63. The number of allylic oxidation sites excluding steroid dienone is 2. The summed E-state index contributed by atoms with van der Waals surface area (Å²) in [6.07, 6.45) is 9.36. The number of likely N-dealkylation sites (N-methyl/N-ethyl adjacent to an activating group) is 1. The van der Waals surface area contributed by atoms with Crippen molar-refractivity contribution in [3.63, 3.8) is 0 Å². The maximum absolute atomic E-state index is 2.54. The van der Waals surface area contributed by atoms with Gasteiger partial charge in [0.1, 0.15) is 0 Å². The monoisotopic (exact) mass is 195 g/mol. The first-order chi connectivity index (χ1) is 6.27. The number of rotatable bonds is 4. The molecule has 1 atom stereocenters. The summed E-state index contributed by atoms with van der Waals surface area (Å²) in [6.45, 7) is 9.04. The van der Waals surface area contributed by atoms with Crippen molar-refractivity contribution >= 4 is 0 Å². The first-order valence-corrected chi connectivity index (χ1v) is 5.37. The third-order valence-electron chi connectivity index (χ3n) is 2.65. The predicted molar refractivity (Wildman–Crippen MR) is 65.6 cm³/mol. The molecule has 82 valence electrons. The average Bonchev–Trinajstić information content (AvgIpc) is 2.16. The summed E-state index contributed by atoms with van der Waals surface area (Å²) in [5.41, 5.74) is 1.41. The van der Waals surface area contributed by atoms with Gasteiger partial charge in [0.15, 0.2) is 0 Å². The van der Waals surface area contributed by atoms with E-state index in [1.54, 1.807) is 0 Å². The van der Waals surface area contributed by atoms with Crippen molar-refractivity contribution in [2.24, 2.45) is 0 Å². The van der Waals surface area contributed by atoms with Crippen LogP contribution < -0.4 is 0 Å². The molecule has 0 bridgehead atoms. The smallest absolute Gasteiger partial charge is 0.0315 e. The van der Waals surface area contributed by atoms with Crippen molar-refractivity contribution in [2.75, 3.05) is 13.1 Å². The van der Waals surface area contributed by atoms with Gasteiger partial charge >= 0.3 is 0 Å². The fourth-order valence-corrected chi connectivity index (χ4v) is 1.83. The highest BCUT2D eigenvalue weighted by Gasteiger charge is 2.13. The molecule has 0 aromatic heterocycles. The van der Waals surface area contributed by atoms with Crippen molar-refractivity contribution in [3.05, 3.63) is 23.8 Å². The van der Waals surface area contributed by atoms with Crippen LogP contribution in [0.1, 0.15) is 41.0 Å². The normalized spacial score (nSPS) is 20.6. The maximum atomic E-state index is 2.54. The molecule has 1 heteroatoms. The lowest BCUT2D eigenvalue weighted by Crippen LogP contribution is -2.34. The molecule has 1 unspecified atom stereocenters. The molecule has 0 saturated heterocycles. The van der Waals surface area contributed by atoms with Crippen molar-refractivity contribution in [1.29, 1.82) is 0 Å². The minimum Gasteiger partial charge on any atom is -0.297 e. The van der Waals surface area contributed by atoms with Crippen LogP contribution in [0.15, 0.2) is 23.8 Å². The molecular weight excluding hydrogens is 170 g/mol. The van der Waals surface area contributed by atoms with Crippen molar-refractivity contribution < 1.29 is 0 Å². The molecular formula is C13H25N. The third kappa shape index (κ3) is 3.67. The molecule has 1 aliphatic rings. The van der Waals surface area contributed by atoms with E-state index >= 15 is 0 Å². The van der Waals surface area contributed by atoms with Crippen LogP contribution in [0.4, 0.5) is 0 Å². The first kappa shape index (κ1) is 13.4. The summed E-state index contributed by atoms with van der Waals surface area (Å²) < 4.78 is 0. The van der Waals surface area contributed by atoms with Crippen molar-refractivity contribution in [1.82, 2.24) is 4.90 Å². The molecule has 0 fully saturated rings. The lowest BCUT2D eigenvalue weighted by molar-refractivity contribution is 0.241. The lowest BCUT2D eigenvalue weighted by Gasteiger charge is -2.29. The molecule has 14 heavy (non-hydrogen) atoms. The Bertz CT molecular complexity index is 203. The van der Waals surface area contributed by atoms with Gasteiger partial charge in [-0.15, -0.1) is 0 Å². The summed E-state index contributed by atoms with van der Waals surface area (Å²) in [6, 6.07) is 0.647. The van der Waals surface area contributed by atoms with Gasteiger partial charge in [0, 0.05) is 6.04 Å². The quantitative estimate of drug-likeness (QED) is 0.662. The Balaban J connectivity index is 0.00000169. The topological polar surface area (TPSA) is 3.24 Å². The number of hydrogen-bond acceptors (Lipinski definition) is 1. The van der Waals surface area contributed by atoms with Gasteiger partial charge in [-0.2, -0.15) is 0 Å². The molecule has 0 amide bonds. The third-order valence-corrected chi connectivity index (χ3v) is 2.65. The van der Waals surface area contributed by atoms with Crippen molar-refractivity contribution in [2.45, 2.75) is 47.1 Å². The molecule has 1 aliphatic carbocycles. The zero-order valence-electron chi connectivity index (χ0n) is 9.09. The van der Waals surface area contributed by atoms with Gasteiger partial charge < -0.3 is 0 Å². The van der Waals surface area contributed by atoms with Crippen LogP contribution in [0.5, 0.6) is 0 Å². The highest BCUT2D eigenvalue weighted by atomic mass is 15.1. The number of nitrogens with zero attached hydrogens (tertiary/aromatic N) is 1. The first-order valence-electron chi connectivity index (χ1n) is 5.37. The Morgan fingerprint density at radius 3 is 2.57 bits per heavy atom. The fourth-order valence-electron chi connectivity index (χ4n) is 1.83. The molecule has 0 radical (unpaired) electrons. The molecule has 0 aromatic carbocycles. The molecule has 1 rings (SSSR count). The van der Waals surface area contributed by atoms with Gasteiger partial charge in [0.2, 0.25) is 0 Å². The van der Waals surface area contributed by atoms with E-state index in [-0.39, 0.29) is 7.43 Å². The van der Waals surface area contributed by atoms with Gasteiger partial charge in [-0.3, -0.25) is 4.90 Å². The maximum Gasteiger partial charge on any atom is 0.0315 e. The van der Waals surface area contributed by atoms with Gasteiger partial charge in [-0.05, 0) is 32.9 Å². The Kier molecular flexibility index (Phi) is 6.56. The van der Waals surface area contributed by atoms with Crippen LogP contribution >= 0.6 is 0 Å². The Labute approximate surface area is 89.5 Å². The van der Waals surface area contributed by atoms with Crippen LogP contribution in [0.2, 0.25) is 0 Å². The van der Waals surface area contributed by atoms with E-state index in [1.165, 1.54) is 25.0 Å². The second kappa shape index (κ2) is 6.83. The van der Waals surface area contributed by atoms with Crippen LogP contribution in [0, 0.1) is 0 Å². The van der Waals surface area contributed by atoms with E-state index in [4.69, 9.17) is 0 Å². The molecule has 1 nitrogen and oxygen atoms in total. The molecule has 0 aliphatic heterocycles. The van der Waals surface area contributed by atoms with Gasteiger partial charge in [0.05, 0.1) is 0 Å². The van der Waals surface area contributed by atoms with E-state index < -0.39 is 0 Å². The van der Waals surface area contributed by atoms with E-state index in [0.717, 1.165) is 6.54 Å². The van der Waals surface area contributed by atoms with E-state index in [9.17, 15) is 0 Å². The van der Waals surface area contributed by atoms with Crippen LogP contribution in [0.25, 0.3) is 0 Å². The molecule has 0 heterocycles. The Morgan fingerprint density at radius 2 is 2.14 bits per heavy atom. The number of hydrogen-bond donors (Lipinski definition) is 0. The molecule has 0 spiro atoms. The zero-order valence-corrected chi connectivity index (χ0v) is 9.09. The van der Waals surface area contributed by atoms with Crippen molar-refractivity contribution in [3.8, 4) is 0 Å². The largest absolute Gasteiger partial charge is 0.297 e. The average molecular weight is 195 g/mol. The molecule has 0 saturated carbocycles. The Morgan fingerprint density at radius 1 is 1.43 bits per heavy atom. The van der Waals surface area contributed by atoms with E-state index in [1.807, 2.05) is 0 Å². The fraction of sp³-hybridized carbons (Fsp3) is 0.692. The van der Waals surface area contributed by atoms with Crippen LogP contribution in [0.3, 0.4) is 0 Å². The Hall–Kier alpha value is -0.560. The minimum atomic E-state index is 0. The van der Waals surface area contributed by atoms with Crippen LogP contribution in [-0.4, -0.2) is 24.0 Å². The minimum absolute atomic E-state index is 0. The highest BCUT2D eigenvalue weighted by Crippen LogP contribution is 2.15. The second-order valence-electron chi connectivity index (χ2n) is 3.74.